The van der Waals surface area contributed by atoms with Crippen molar-refractivity contribution < 1.29 is 23.8 Å². The number of amides is 1. The van der Waals surface area contributed by atoms with E-state index in [0.717, 1.165) is 26.1 Å². The number of nitrogens with zero attached hydrogens (tertiary/aromatic N) is 2. The molecule has 0 bridgehead atoms. The molecule has 1 saturated heterocycles. The first-order valence-corrected chi connectivity index (χ1v) is 11.9. The normalized spacial score (nSPS) is 17.6. The summed E-state index contributed by atoms with van der Waals surface area (Å²) in [6.07, 6.45) is 1.49. The number of ketones is 1. The molecule has 1 unspecified atom stereocenters. The number of Topliss-reactive ketones (excluding diaryl/α,β-unsaturated/α-hetero) is 1. The molecule has 6 nitrogen and oxygen atoms in total. The van der Waals surface area contributed by atoms with Crippen molar-refractivity contribution >= 4 is 17.4 Å². The summed E-state index contributed by atoms with van der Waals surface area (Å²) in [6.45, 7) is 9.48. The molecule has 2 aromatic carbocycles. The number of ether oxygens (including phenoxy) is 1. The van der Waals surface area contributed by atoms with Crippen LogP contribution in [0.4, 0.5) is 4.39 Å². The fourth-order valence-corrected chi connectivity index (χ4v) is 4.22. The van der Waals surface area contributed by atoms with E-state index in [2.05, 4.69) is 18.7 Å². The highest BCUT2D eigenvalue weighted by Crippen LogP contribution is 2.40. The molecule has 34 heavy (non-hydrogen) atoms. The molecule has 1 N–H and O–H groups in total. The van der Waals surface area contributed by atoms with Gasteiger partial charge in [0.2, 0.25) is 0 Å². The van der Waals surface area contributed by atoms with Gasteiger partial charge in [-0.3, -0.25) is 9.59 Å². The van der Waals surface area contributed by atoms with Crippen molar-refractivity contribution in [1.29, 1.82) is 0 Å². The number of rotatable bonds is 11. The summed E-state index contributed by atoms with van der Waals surface area (Å²) in [7, 11) is 0. The summed E-state index contributed by atoms with van der Waals surface area (Å²) in [5, 5.41) is 11.1. The molecule has 3 rings (SSSR count). The van der Waals surface area contributed by atoms with Crippen LogP contribution in [0.2, 0.25) is 0 Å². The Kier molecular flexibility index (Phi) is 8.82. The van der Waals surface area contributed by atoms with Gasteiger partial charge in [-0.1, -0.05) is 39.0 Å². The molecule has 0 radical (unpaired) electrons. The molecule has 1 heterocycles. The van der Waals surface area contributed by atoms with Crippen LogP contribution in [0.15, 0.2) is 54.1 Å². The van der Waals surface area contributed by atoms with Crippen molar-refractivity contribution in [2.24, 2.45) is 0 Å². The smallest absolute Gasteiger partial charge is 0.295 e. The average Bonchev–Trinajstić information content (AvgIpc) is 3.10. The van der Waals surface area contributed by atoms with E-state index in [-0.39, 0.29) is 23.4 Å². The van der Waals surface area contributed by atoms with Crippen LogP contribution in [-0.4, -0.2) is 59.4 Å². The Labute approximate surface area is 200 Å². The maximum absolute atomic E-state index is 14.9. The molecule has 7 heteroatoms. The van der Waals surface area contributed by atoms with Gasteiger partial charge in [-0.15, -0.1) is 0 Å². The molecule has 0 spiro atoms. The highest BCUT2D eigenvalue weighted by atomic mass is 19.1. The molecular formula is C27H33FN2O4. The van der Waals surface area contributed by atoms with Gasteiger partial charge in [0.25, 0.3) is 11.7 Å². The van der Waals surface area contributed by atoms with E-state index in [4.69, 9.17) is 4.74 Å². The van der Waals surface area contributed by atoms with Gasteiger partial charge in [0.1, 0.15) is 17.3 Å². The van der Waals surface area contributed by atoms with E-state index in [1.165, 1.54) is 11.0 Å². The van der Waals surface area contributed by atoms with Crippen molar-refractivity contribution in [2.45, 2.75) is 39.7 Å². The van der Waals surface area contributed by atoms with Crippen molar-refractivity contribution in [3.8, 4) is 5.75 Å². The number of carbonyl (C=O) groups is 2. The SMILES string of the molecule is CCCOc1ccc(/C(O)=C2\C(=O)C(=O)N(CCCN(CC)CC)C2c2ccccc2F)cc1. The summed E-state index contributed by atoms with van der Waals surface area (Å²) in [5.41, 5.74) is 0.459. The quantitative estimate of drug-likeness (QED) is 0.292. The lowest BCUT2D eigenvalue weighted by Crippen LogP contribution is -2.33. The van der Waals surface area contributed by atoms with Gasteiger partial charge in [-0.2, -0.15) is 0 Å². The zero-order valence-corrected chi connectivity index (χ0v) is 20.1. The second kappa shape index (κ2) is 11.8. The van der Waals surface area contributed by atoms with Crippen molar-refractivity contribution in [2.75, 3.05) is 32.8 Å². The van der Waals surface area contributed by atoms with Crippen molar-refractivity contribution in [1.82, 2.24) is 9.80 Å². The number of benzene rings is 2. The summed E-state index contributed by atoms with van der Waals surface area (Å²) in [4.78, 5) is 29.7. The lowest BCUT2D eigenvalue weighted by molar-refractivity contribution is -0.140. The number of likely N-dealkylation sites (tertiary alicyclic amines) is 1. The highest BCUT2D eigenvalue weighted by Gasteiger charge is 2.46. The van der Waals surface area contributed by atoms with Gasteiger partial charge in [0.05, 0.1) is 18.2 Å². The first kappa shape index (κ1) is 25.4. The minimum atomic E-state index is -0.992. The van der Waals surface area contributed by atoms with E-state index >= 15 is 0 Å². The predicted octanol–water partition coefficient (Wildman–Crippen LogP) is 4.77. The number of hydrogen-bond donors (Lipinski definition) is 1. The van der Waals surface area contributed by atoms with Crippen LogP contribution in [0.1, 0.15) is 50.8 Å². The largest absolute Gasteiger partial charge is 0.507 e. The molecule has 1 aliphatic rings. The molecule has 2 aromatic rings. The maximum atomic E-state index is 14.9. The summed E-state index contributed by atoms with van der Waals surface area (Å²) >= 11 is 0. The van der Waals surface area contributed by atoms with Gasteiger partial charge in [0, 0.05) is 17.7 Å². The van der Waals surface area contributed by atoms with E-state index in [0.29, 0.717) is 24.3 Å². The van der Waals surface area contributed by atoms with Gasteiger partial charge in [0.15, 0.2) is 0 Å². The Morgan fingerprint density at radius 2 is 1.74 bits per heavy atom. The summed E-state index contributed by atoms with van der Waals surface area (Å²) < 4.78 is 20.4. The first-order chi connectivity index (χ1) is 16.4. The number of halogens is 1. The molecule has 0 saturated carbocycles. The number of carbonyl (C=O) groups excluding carboxylic acids is 2. The van der Waals surface area contributed by atoms with E-state index in [1.807, 2.05) is 6.92 Å². The molecule has 0 aliphatic carbocycles. The fourth-order valence-electron chi connectivity index (χ4n) is 4.22. The minimum Gasteiger partial charge on any atom is -0.507 e. The number of aliphatic hydroxyl groups is 1. The first-order valence-electron chi connectivity index (χ1n) is 11.9. The minimum absolute atomic E-state index is 0.0971. The van der Waals surface area contributed by atoms with E-state index in [1.54, 1.807) is 42.5 Å². The second-order valence-corrected chi connectivity index (χ2v) is 8.27. The van der Waals surface area contributed by atoms with Crippen LogP contribution < -0.4 is 4.74 Å². The number of aliphatic hydroxyl groups excluding tert-OH is 1. The standard InChI is InChI=1S/C27H33FN2O4/c1-4-18-34-20-14-12-19(13-15-20)25(31)23-24(21-10-7-8-11-22(21)28)30(27(33)26(23)32)17-9-16-29(5-2)6-3/h7-8,10-15,24,31H,4-6,9,16-18H2,1-3H3/b25-23+. The molecular weight excluding hydrogens is 435 g/mol. The van der Waals surface area contributed by atoms with Gasteiger partial charge < -0.3 is 19.6 Å². The van der Waals surface area contributed by atoms with Crippen LogP contribution in [-0.2, 0) is 9.59 Å². The van der Waals surface area contributed by atoms with Crippen LogP contribution in [0, 0.1) is 5.82 Å². The molecule has 1 fully saturated rings. The molecule has 1 aliphatic heterocycles. The Balaban J connectivity index is 1.99. The monoisotopic (exact) mass is 468 g/mol. The van der Waals surface area contributed by atoms with Gasteiger partial charge in [-0.25, -0.2) is 4.39 Å². The van der Waals surface area contributed by atoms with Gasteiger partial charge in [-0.05, 0) is 62.8 Å². The second-order valence-electron chi connectivity index (χ2n) is 8.27. The molecule has 182 valence electrons. The Bertz CT molecular complexity index is 1030. The summed E-state index contributed by atoms with van der Waals surface area (Å²) in [5.74, 6) is -1.74. The van der Waals surface area contributed by atoms with Crippen LogP contribution in [0.25, 0.3) is 5.76 Å². The Morgan fingerprint density at radius 1 is 1.06 bits per heavy atom. The lowest BCUT2D eigenvalue weighted by Gasteiger charge is -2.27. The third kappa shape index (κ3) is 5.47. The Morgan fingerprint density at radius 3 is 2.35 bits per heavy atom. The zero-order chi connectivity index (χ0) is 24.7. The summed E-state index contributed by atoms with van der Waals surface area (Å²) in [6, 6.07) is 11.7. The number of hydrogen-bond acceptors (Lipinski definition) is 5. The topological polar surface area (TPSA) is 70.1 Å². The van der Waals surface area contributed by atoms with Crippen LogP contribution >= 0.6 is 0 Å². The predicted molar refractivity (Wildman–Crippen MR) is 130 cm³/mol. The molecule has 1 atom stereocenters. The molecule has 0 aromatic heterocycles. The Hall–Kier alpha value is -3.19. The van der Waals surface area contributed by atoms with Crippen molar-refractivity contribution in [3.05, 3.63) is 71.0 Å². The average molecular weight is 469 g/mol. The van der Waals surface area contributed by atoms with Crippen LogP contribution in [0.3, 0.4) is 0 Å². The third-order valence-electron chi connectivity index (χ3n) is 6.11. The van der Waals surface area contributed by atoms with E-state index in [9.17, 15) is 19.1 Å². The van der Waals surface area contributed by atoms with E-state index < -0.39 is 23.5 Å². The highest BCUT2D eigenvalue weighted by molar-refractivity contribution is 6.46. The zero-order valence-electron chi connectivity index (χ0n) is 20.1. The van der Waals surface area contributed by atoms with Crippen LogP contribution in [0.5, 0.6) is 5.75 Å². The lowest BCUT2D eigenvalue weighted by atomic mass is 9.95. The van der Waals surface area contributed by atoms with Crippen molar-refractivity contribution in [3.63, 3.8) is 0 Å². The molecule has 1 amide bonds. The fraction of sp³-hybridized carbons (Fsp3) is 0.407. The third-order valence-corrected chi connectivity index (χ3v) is 6.11. The maximum Gasteiger partial charge on any atom is 0.295 e. The van der Waals surface area contributed by atoms with Gasteiger partial charge >= 0.3 is 0 Å².